The van der Waals surface area contributed by atoms with Crippen LogP contribution in [0, 0.1) is 23.7 Å². The zero-order chi connectivity index (χ0) is 32.1. The summed E-state index contributed by atoms with van der Waals surface area (Å²) >= 11 is 0. The summed E-state index contributed by atoms with van der Waals surface area (Å²) in [7, 11) is 0.966. The summed E-state index contributed by atoms with van der Waals surface area (Å²) in [6, 6.07) is 0.731. The summed E-state index contributed by atoms with van der Waals surface area (Å²) in [5.41, 5.74) is -1.21. The van der Waals surface area contributed by atoms with E-state index in [2.05, 4.69) is 0 Å². The summed E-state index contributed by atoms with van der Waals surface area (Å²) in [6.45, 7) is 2.58. The number of carbonyl (C=O) groups excluding carboxylic acids is 2. The molecule has 2 aliphatic carbocycles. The normalized spacial score (nSPS) is 26.6. The van der Waals surface area contributed by atoms with E-state index in [0.717, 1.165) is 30.2 Å². The second-order valence-electron chi connectivity index (χ2n) is 11.9. The number of nitrogens with zero attached hydrogens (tertiary/aromatic N) is 2. The zero-order valence-electron chi connectivity index (χ0n) is 23.7. The number of hydrogen-bond acceptors (Lipinski definition) is 4. The van der Waals surface area contributed by atoms with Crippen LogP contribution >= 0.6 is 0 Å². The fourth-order valence-corrected chi connectivity index (χ4v) is 6.37. The van der Waals surface area contributed by atoms with Gasteiger partial charge in [0.1, 0.15) is 0 Å². The van der Waals surface area contributed by atoms with Crippen molar-refractivity contribution in [1.82, 2.24) is 4.90 Å². The van der Waals surface area contributed by atoms with Crippen molar-refractivity contribution in [2.75, 3.05) is 18.6 Å². The third-order valence-electron chi connectivity index (χ3n) is 8.44. The molecule has 1 aromatic carbocycles. The lowest BCUT2D eigenvalue weighted by atomic mass is 9.74. The average Bonchev–Trinajstić information content (AvgIpc) is 3.73. The van der Waals surface area contributed by atoms with Crippen molar-refractivity contribution in [3.05, 3.63) is 29.3 Å². The van der Waals surface area contributed by atoms with Crippen LogP contribution in [0.15, 0.2) is 18.2 Å². The predicted octanol–water partition coefficient (Wildman–Crippen LogP) is 8.51. The van der Waals surface area contributed by atoms with Gasteiger partial charge in [-0.25, -0.2) is 9.59 Å². The monoisotopic (exact) mass is 632 g/mol. The van der Waals surface area contributed by atoms with Crippen LogP contribution in [0.3, 0.4) is 0 Å². The van der Waals surface area contributed by atoms with Crippen LogP contribution in [0.2, 0.25) is 0 Å². The van der Waals surface area contributed by atoms with E-state index in [9.17, 15) is 49.1 Å². The van der Waals surface area contributed by atoms with Gasteiger partial charge in [0, 0.05) is 12.6 Å². The quantitative estimate of drug-likeness (QED) is 0.306. The van der Waals surface area contributed by atoms with E-state index in [4.69, 9.17) is 9.47 Å². The van der Waals surface area contributed by atoms with E-state index in [-0.39, 0.29) is 23.6 Å². The summed E-state index contributed by atoms with van der Waals surface area (Å²) in [6.07, 6.45) is -18.4. The van der Waals surface area contributed by atoms with Crippen LogP contribution in [-0.2, 0) is 15.7 Å². The molecule has 1 aliphatic heterocycles. The molecule has 2 saturated carbocycles. The number of halogens is 9. The van der Waals surface area contributed by atoms with Gasteiger partial charge in [-0.15, -0.1) is 0 Å². The Hall–Kier alpha value is -2.87. The van der Waals surface area contributed by atoms with Crippen molar-refractivity contribution in [2.45, 2.75) is 89.1 Å². The summed E-state index contributed by atoms with van der Waals surface area (Å²) in [5, 5.41) is 0. The molecular formula is C28H33F9N2O4. The zero-order valence-corrected chi connectivity index (χ0v) is 23.7. The highest BCUT2D eigenvalue weighted by Crippen LogP contribution is 2.52. The van der Waals surface area contributed by atoms with Crippen molar-refractivity contribution < 1.29 is 58.6 Å². The molecule has 6 nitrogen and oxygen atoms in total. The Balaban J connectivity index is 1.79. The van der Waals surface area contributed by atoms with Crippen LogP contribution < -0.4 is 4.90 Å². The molecule has 0 radical (unpaired) electrons. The van der Waals surface area contributed by atoms with Crippen molar-refractivity contribution in [1.29, 1.82) is 0 Å². The minimum absolute atomic E-state index is 0.0192. The molecule has 1 aromatic rings. The summed E-state index contributed by atoms with van der Waals surface area (Å²) < 4.78 is 134. The molecule has 0 spiro atoms. The van der Waals surface area contributed by atoms with Crippen LogP contribution in [0.1, 0.15) is 69.5 Å². The topological polar surface area (TPSA) is 59.1 Å². The fourth-order valence-electron chi connectivity index (χ4n) is 6.37. The lowest BCUT2D eigenvalue weighted by Gasteiger charge is -2.46. The van der Waals surface area contributed by atoms with Gasteiger partial charge in [-0.05, 0) is 88.0 Å². The van der Waals surface area contributed by atoms with Crippen molar-refractivity contribution in [3.8, 4) is 0 Å². The number of ether oxygens (including phenoxy) is 2. The van der Waals surface area contributed by atoms with Crippen molar-refractivity contribution >= 4 is 17.9 Å². The standard InChI is InChI=1S/C28H33F9N2O4/c1-14(2)43-25(41)39-21-7-6-17(26(29,30)31)11-20(21)23(12-22(39)16-4-5-16)38(24(40)42-3)13-15-8-18(27(32,33)34)10-19(9-15)28(35,36)37/h6-7,11,14-16,18-19,22-23H,4-5,8-10,12-13H2,1-3H3/t15?,18?,19?,22-,23-/m1/s1. The number of carbonyl (C=O) groups is 2. The highest BCUT2D eigenvalue weighted by Gasteiger charge is 2.53. The molecule has 4 atom stereocenters. The molecule has 0 aromatic heterocycles. The van der Waals surface area contributed by atoms with Gasteiger partial charge in [-0.2, -0.15) is 39.5 Å². The molecule has 3 aliphatic rings. The first-order valence-electron chi connectivity index (χ1n) is 14.0. The third-order valence-corrected chi connectivity index (χ3v) is 8.44. The highest BCUT2D eigenvalue weighted by molar-refractivity contribution is 5.91. The number of anilines is 1. The first-order chi connectivity index (χ1) is 19.8. The number of alkyl halides is 9. The minimum atomic E-state index is -4.91. The molecule has 0 bridgehead atoms. The predicted molar refractivity (Wildman–Crippen MR) is 135 cm³/mol. The van der Waals surface area contributed by atoms with E-state index in [1.54, 1.807) is 13.8 Å². The number of benzene rings is 1. The second kappa shape index (κ2) is 11.9. The first-order valence-corrected chi connectivity index (χ1v) is 14.0. The highest BCUT2D eigenvalue weighted by atomic mass is 19.4. The molecule has 0 N–H and O–H groups in total. The van der Waals surface area contributed by atoms with E-state index < -0.39 is 98.0 Å². The molecule has 2 amide bonds. The van der Waals surface area contributed by atoms with Crippen LogP contribution in [0.5, 0.6) is 0 Å². The maximum Gasteiger partial charge on any atom is 0.416 e. The maximum absolute atomic E-state index is 13.8. The van der Waals surface area contributed by atoms with Gasteiger partial charge in [-0.1, -0.05) is 0 Å². The second-order valence-corrected chi connectivity index (χ2v) is 11.9. The molecule has 43 heavy (non-hydrogen) atoms. The molecule has 1 heterocycles. The Morgan fingerprint density at radius 2 is 1.51 bits per heavy atom. The number of amides is 2. The van der Waals surface area contributed by atoms with Crippen molar-refractivity contribution in [3.63, 3.8) is 0 Å². The van der Waals surface area contributed by atoms with Gasteiger partial charge in [0.05, 0.1) is 42.3 Å². The molecule has 2 fully saturated rings. The van der Waals surface area contributed by atoms with Crippen LogP contribution in [-0.4, -0.2) is 55.2 Å². The molecule has 2 unspecified atom stereocenters. The lowest BCUT2D eigenvalue weighted by Crippen LogP contribution is -2.51. The Kier molecular flexibility index (Phi) is 9.14. The smallest absolute Gasteiger partial charge is 0.416 e. The molecule has 4 rings (SSSR count). The number of fused-ring (bicyclic) bond motifs is 1. The molecule has 0 saturated heterocycles. The lowest BCUT2D eigenvalue weighted by molar-refractivity contribution is -0.229. The van der Waals surface area contributed by atoms with Gasteiger partial charge in [0.25, 0.3) is 0 Å². The molecule has 242 valence electrons. The van der Waals surface area contributed by atoms with Crippen molar-refractivity contribution in [2.24, 2.45) is 23.7 Å². The molecule has 15 heteroatoms. The first kappa shape index (κ1) is 33.0. The largest absolute Gasteiger partial charge is 0.453 e. The fraction of sp³-hybridized carbons (Fsp3) is 0.714. The van der Waals surface area contributed by atoms with Gasteiger partial charge >= 0.3 is 30.7 Å². The number of rotatable bonds is 5. The van der Waals surface area contributed by atoms with Gasteiger partial charge in [0.15, 0.2) is 0 Å². The molecular weight excluding hydrogens is 599 g/mol. The van der Waals surface area contributed by atoms with Gasteiger partial charge in [0.2, 0.25) is 0 Å². The third kappa shape index (κ3) is 7.44. The summed E-state index contributed by atoms with van der Waals surface area (Å²) in [4.78, 5) is 28.5. The van der Waals surface area contributed by atoms with Gasteiger partial charge in [-0.3, -0.25) is 4.90 Å². The Labute approximate surface area is 242 Å². The Bertz CT molecular complexity index is 1160. The Morgan fingerprint density at radius 3 is 1.98 bits per heavy atom. The van der Waals surface area contributed by atoms with E-state index in [1.807, 2.05) is 0 Å². The van der Waals surface area contributed by atoms with Crippen LogP contribution in [0.4, 0.5) is 54.8 Å². The van der Waals surface area contributed by atoms with Gasteiger partial charge < -0.3 is 14.4 Å². The Morgan fingerprint density at radius 1 is 0.930 bits per heavy atom. The van der Waals surface area contributed by atoms with E-state index in [0.29, 0.717) is 12.8 Å². The number of methoxy groups -OCH3 is 1. The van der Waals surface area contributed by atoms with E-state index in [1.165, 1.54) is 4.90 Å². The summed E-state index contributed by atoms with van der Waals surface area (Å²) in [5.74, 6) is -5.92. The van der Waals surface area contributed by atoms with Crippen LogP contribution in [0.25, 0.3) is 0 Å². The minimum Gasteiger partial charge on any atom is -0.453 e. The number of hydrogen-bond donors (Lipinski definition) is 0. The maximum atomic E-state index is 13.8. The van der Waals surface area contributed by atoms with E-state index >= 15 is 0 Å². The average molecular weight is 633 g/mol. The SMILES string of the molecule is COC(=O)N(CC1CC(C(F)(F)F)CC(C(F)(F)F)C1)[C@@H]1C[C@H](C2CC2)N(C(=O)OC(C)C)c2ccc(C(F)(F)F)cc21.